The fourth-order valence-electron chi connectivity index (χ4n) is 3.68. The Balaban J connectivity index is 1.29. The van der Waals surface area contributed by atoms with Gasteiger partial charge >= 0.3 is 0 Å². The number of hydrogen-bond donors (Lipinski definition) is 1. The van der Waals surface area contributed by atoms with E-state index >= 15 is 0 Å². The monoisotopic (exact) mass is 436 g/mol. The van der Waals surface area contributed by atoms with Crippen molar-refractivity contribution in [2.75, 3.05) is 24.3 Å². The average Bonchev–Trinajstić information content (AvgIpc) is 3.48. The summed E-state index contributed by atoms with van der Waals surface area (Å²) in [6.07, 6.45) is 0.868. The van der Waals surface area contributed by atoms with Gasteiger partial charge in [-0.2, -0.15) is 0 Å². The van der Waals surface area contributed by atoms with E-state index in [1.54, 1.807) is 18.4 Å². The fraction of sp³-hybridized carbons (Fsp3) is 0.227. The number of ether oxygens (including phenoxy) is 1. The summed E-state index contributed by atoms with van der Waals surface area (Å²) in [4.78, 5) is 27.1. The molecule has 5 rings (SSSR count). The molecule has 8 heteroatoms. The lowest BCUT2D eigenvalue weighted by molar-refractivity contribution is -0.116. The minimum atomic E-state index is 0.0917. The van der Waals surface area contributed by atoms with Crippen molar-refractivity contribution in [2.24, 2.45) is 0 Å². The summed E-state index contributed by atoms with van der Waals surface area (Å²) < 4.78 is 5.25. The number of carbonyl (C=O) groups excluding carboxylic acids is 1. The molecule has 152 valence electrons. The van der Waals surface area contributed by atoms with Gasteiger partial charge in [0.25, 0.3) is 0 Å². The summed E-state index contributed by atoms with van der Waals surface area (Å²) in [7, 11) is 1.64. The van der Waals surface area contributed by atoms with Crippen LogP contribution in [0.4, 0.5) is 5.69 Å². The lowest BCUT2D eigenvalue weighted by Crippen LogP contribution is -2.30. The molecule has 1 aliphatic heterocycles. The van der Waals surface area contributed by atoms with Gasteiger partial charge in [-0.1, -0.05) is 17.8 Å². The standard InChI is InChI=1S/C22H20N4O2S2/c1-13-23-19(11-29-13)14-3-6-20-15(9-14)7-8-26(20)21(27)12-30-22-24-17-5-4-16(28-2)10-18(17)25-22/h3-6,9-11H,7-8,12H2,1-2H3,(H,24,25). The van der Waals surface area contributed by atoms with Crippen LogP contribution in [-0.2, 0) is 11.2 Å². The Bertz CT molecular complexity index is 1250. The zero-order valence-corrected chi connectivity index (χ0v) is 18.3. The molecular weight excluding hydrogens is 416 g/mol. The number of benzene rings is 2. The Morgan fingerprint density at radius 2 is 2.17 bits per heavy atom. The zero-order chi connectivity index (χ0) is 20.7. The van der Waals surface area contributed by atoms with Crippen molar-refractivity contribution in [2.45, 2.75) is 18.5 Å². The summed E-state index contributed by atoms with van der Waals surface area (Å²) in [5, 5.41) is 3.87. The second kappa shape index (κ2) is 7.77. The van der Waals surface area contributed by atoms with E-state index < -0.39 is 0 Å². The number of thiazole rings is 1. The van der Waals surface area contributed by atoms with Gasteiger partial charge in [0.15, 0.2) is 5.16 Å². The van der Waals surface area contributed by atoms with Crippen molar-refractivity contribution in [1.82, 2.24) is 15.0 Å². The number of aryl methyl sites for hydroxylation is 1. The first kappa shape index (κ1) is 19.1. The number of anilines is 1. The van der Waals surface area contributed by atoms with Crippen molar-refractivity contribution in [1.29, 1.82) is 0 Å². The van der Waals surface area contributed by atoms with E-state index in [2.05, 4.69) is 32.5 Å². The second-order valence-electron chi connectivity index (χ2n) is 7.10. The van der Waals surface area contributed by atoms with E-state index in [0.717, 1.165) is 50.3 Å². The van der Waals surface area contributed by atoms with Gasteiger partial charge in [0.2, 0.25) is 5.91 Å². The zero-order valence-electron chi connectivity index (χ0n) is 16.6. The maximum atomic E-state index is 12.9. The maximum Gasteiger partial charge on any atom is 0.237 e. The molecule has 6 nitrogen and oxygen atoms in total. The highest BCUT2D eigenvalue weighted by atomic mass is 32.2. The highest BCUT2D eigenvalue weighted by Crippen LogP contribution is 2.33. The molecule has 0 atom stereocenters. The number of aromatic nitrogens is 3. The maximum absolute atomic E-state index is 12.9. The number of amides is 1. The largest absolute Gasteiger partial charge is 0.497 e. The first-order valence-corrected chi connectivity index (χ1v) is 11.5. The van der Waals surface area contributed by atoms with Crippen LogP contribution in [0.15, 0.2) is 46.9 Å². The smallest absolute Gasteiger partial charge is 0.237 e. The number of nitrogens with zero attached hydrogens (tertiary/aromatic N) is 3. The minimum absolute atomic E-state index is 0.0917. The Labute approximate surface area is 182 Å². The van der Waals surface area contributed by atoms with Gasteiger partial charge in [-0.15, -0.1) is 11.3 Å². The highest BCUT2D eigenvalue weighted by molar-refractivity contribution is 7.99. The molecule has 1 amide bonds. The van der Waals surface area contributed by atoms with Crippen LogP contribution < -0.4 is 9.64 Å². The number of aromatic amines is 1. The first-order chi connectivity index (χ1) is 14.6. The molecule has 1 N–H and O–H groups in total. The number of thioether (sulfide) groups is 1. The number of rotatable bonds is 5. The molecule has 4 aromatic rings. The van der Waals surface area contributed by atoms with Crippen LogP contribution in [0.25, 0.3) is 22.3 Å². The summed E-state index contributed by atoms with van der Waals surface area (Å²) >= 11 is 3.08. The van der Waals surface area contributed by atoms with Gasteiger partial charge in [0.1, 0.15) is 5.75 Å². The molecule has 2 aromatic heterocycles. The van der Waals surface area contributed by atoms with Gasteiger partial charge in [0, 0.05) is 29.2 Å². The van der Waals surface area contributed by atoms with Crippen molar-refractivity contribution in [3.63, 3.8) is 0 Å². The van der Waals surface area contributed by atoms with Crippen molar-refractivity contribution in [3.8, 4) is 17.0 Å². The van der Waals surface area contributed by atoms with Gasteiger partial charge in [-0.05, 0) is 43.2 Å². The van der Waals surface area contributed by atoms with Crippen molar-refractivity contribution in [3.05, 3.63) is 52.3 Å². The van der Waals surface area contributed by atoms with E-state index in [4.69, 9.17) is 4.74 Å². The quantitative estimate of drug-likeness (QED) is 0.460. The number of carbonyl (C=O) groups is 1. The number of methoxy groups -OCH3 is 1. The van der Waals surface area contributed by atoms with E-state index in [9.17, 15) is 4.79 Å². The van der Waals surface area contributed by atoms with Crippen LogP contribution in [0.3, 0.4) is 0 Å². The van der Waals surface area contributed by atoms with Crippen molar-refractivity contribution < 1.29 is 9.53 Å². The Morgan fingerprint density at radius 1 is 1.27 bits per heavy atom. The summed E-state index contributed by atoms with van der Waals surface area (Å²) in [6, 6.07) is 12.0. The Kier molecular flexibility index (Phi) is 4.96. The van der Waals surface area contributed by atoms with E-state index in [0.29, 0.717) is 12.3 Å². The molecule has 0 aliphatic carbocycles. The van der Waals surface area contributed by atoms with E-state index in [1.165, 1.54) is 17.3 Å². The first-order valence-electron chi connectivity index (χ1n) is 9.63. The van der Waals surface area contributed by atoms with Gasteiger partial charge in [0.05, 0.1) is 34.6 Å². The molecule has 0 fully saturated rings. The molecule has 0 radical (unpaired) electrons. The SMILES string of the molecule is COc1ccc2nc(SCC(=O)N3CCc4cc(-c5csc(C)n5)ccc43)[nH]c2c1. The van der Waals surface area contributed by atoms with Gasteiger partial charge in [-0.25, -0.2) is 9.97 Å². The normalized spacial score (nSPS) is 13.1. The predicted octanol–water partition coefficient (Wildman–Crippen LogP) is 4.68. The van der Waals surface area contributed by atoms with Gasteiger partial charge in [-0.3, -0.25) is 4.79 Å². The molecule has 0 bridgehead atoms. The van der Waals surface area contributed by atoms with Gasteiger partial charge < -0.3 is 14.6 Å². The Morgan fingerprint density at radius 3 is 2.97 bits per heavy atom. The number of nitrogens with one attached hydrogen (secondary N) is 1. The van der Waals surface area contributed by atoms with Crippen molar-refractivity contribution >= 4 is 45.7 Å². The molecule has 0 saturated carbocycles. The molecule has 3 heterocycles. The lowest BCUT2D eigenvalue weighted by atomic mass is 10.1. The third-order valence-corrected chi connectivity index (χ3v) is 6.82. The van der Waals surface area contributed by atoms with Crippen LogP contribution in [-0.4, -0.2) is 40.3 Å². The fourth-order valence-corrected chi connectivity index (χ4v) is 5.07. The molecule has 30 heavy (non-hydrogen) atoms. The topological polar surface area (TPSA) is 71.1 Å². The van der Waals surface area contributed by atoms with E-state index in [1.807, 2.05) is 36.1 Å². The third kappa shape index (κ3) is 3.57. The summed E-state index contributed by atoms with van der Waals surface area (Å²) in [5.74, 6) is 1.21. The molecule has 2 aromatic carbocycles. The van der Waals surface area contributed by atoms with Crippen LogP contribution >= 0.6 is 23.1 Å². The molecule has 0 spiro atoms. The molecule has 0 saturated heterocycles. The minimum Gasteiger partial charge on any atom is -0.497 e. The van der Waals surface area contributed by atoms with E-state index in [-0.39, 0.29) is 5.91 Å². The summed E-state index contributed by atoms with van der Waals surface area (Å²) in [6.45, 7) is 2.73. The summed E-state index contributed by atoms with van der Waals surface area (Å²) in [5.41, 5.74) is 6.09. The highest BCUT2D eigenvalue weighted by Gasteiger charge is 2.25. The number of fused-ring (bicyclic) bond motifs is 2. The Hall–Kier alpha value is -2.84. The number of imidazole rings is 1. The molecule has 0 unspecified atom stereocenters. The predicted molar refractivity (Wildman–Crippen MR) is 122 cm³/mol. The second-order valence-corrected chi connectivity index (χ2v) is 9.13. The van der Waals surface area contributed by atoms with Crippen LogP contribution in [0.5, 0.6) is 5.75 Å². The third-order valence-electron chi connectivity index (χ3n) is 5.19. The lowest BCUT2D eigenvalue weighted by Gasteiger charge is -2.17. The van der Waals surface area contributed by atoms with Crippen LogP contribution in [0.1, 0.15) is 10.6 Å². The average molecular weight is 437 g/mol. The molecule has 1 aliphatic rings. The van der Waals surface area contributed by atoms with Crippen LogP contribution in [0.2, 0.25) is 0 Å². The number of hydrogen-bond acceptors (Lipinski definition) is 6. The van der Waals surface area contributed by atoms with Crippen LogP contribution in [0, 0.1) is 6.92 Å². The molecular formula is C22H20N4O2S2. The number of H-pyrrole nitrogens is 1.